The molecule has 3 rings (SSSR count). The number of hydrogen-bond acceptors (Lipinski definition) is 3. The van der Waals surface area contributed by atoms with E-state index in [4.69, 9.17) is 4.74 Å². The summed E-state index contributed by atoms with van der Waals surface area (Å²) >= 11 is 0. The second-order valence-electron chi connectivity index (χ2n) is 5.54. The zero-order valence-corrected chi connectivity index (χ0v) is 11.3. The molecule has 0 radical (unpaired) electrons. The summed E-state index contributed by atoms with van der Waals surface area (Å²) in [6.45, 7) is 3.55. The van der Waals surface area contributed by atoms with E-state index >= 15 is 0 Å². The molecule has 1 aromatic rings. The summed E-state index contributed by atoms with van der Waals surface area (Å²) in [6.07, 6.45) is 4.03. The first-order valence-electron chi connectivity index (χ1n) is 7.00. The van der Waals surface area contributed by atoms with Crippen molar-refractivity contribution in [2.45, 2.75) is 38.2 Å². The van der Waals surface area contributed by atoms with Crippen molar-refractivity contribution in [2.24, 2.45) is 0 Å². The summed E-state index contributed by atoms with van der Waals surface area (Å²) in [5.41, 5.74) is 2.65. The van der Waals surface area contributed by atoms with E-state index in [1.165, 1.54) is 12.0 Å². The van der Waals surface area contributed by atoms with Gasteiger partial charge in [0.2, 0.25) is 0 Å². The maximum atomic E-state index is 12.2. The quantitative estimate of drug-likeness (QED) is 0.859. The topological polar surface area (TPSA) is 50.4 Å². The van der Waals surface area contributed by atoms with Crippen LogP contribution in [0.1, 0.15) is 31.7 Å². The molecule has 0 aromatic heterocycles. The molecule has 0 aliphatic carbocycles. The Balaban J connectivity index is 1.74. The molecule has 0 saturated carbocycles. The summed E-state index contributed by atoms with van der Waals surface area (Å²) < 4.78 is 5.56. The third kappa shape index (κ3) is 2.45. The Labute approximate surface area is 113 Å². The van der Waals surface area contributed by atoms with E-state index in [-0.39, 0.29) is 5.91 Å². The molecule has 1 atom stereocenters. The highest BCUT2D eigenvalue weighted by molar-refractivity contribution is 5.97. The molecular formula is C15H20N2O2. The van der Waals surface area contributed by atoms with Gasteiger partial charge in [-0.3, -0.25) is 4.79 Å². The fourth-order valence-corrected chi connectivity index (χ4v) is 2.76. The first kappa shape index (κ1) is 12.5. The van der Waals surface area contributed by atoms with Crippen molar-refractivity contribution in [2.75, 3.05) is 23.8 Å². The SMILES string of the molecule is CC1(C(=O)Nc2ccc3c(c2)NCCC3)CCCO1. The lowest BCUT2D eigenvalue weighted by Gasteiger charge is -2.23. The lowest BCUT2D eigenvalue weighted by Crippen LogP contribution is -2.39. The number of amides is 1. The molecule has 2 N–H and O–H groups in total. The number of ether oxygens (including phenoxy) is 1. The van der Waals surface area contributed by atoms with Crippen LogP contribution in [0.2, 0.25) is 0 Å². The fourth-order valence-electron chi connectivity index (χ4n) is 2.76. The molecule has 1 aromatic carbocycles. The van der Waals surface area contributed by atoms with Crippen LogP contribution in [0, 0.1) is 0 Å². The average molecular weight is 260 g/mol. The molecule has 4 heteroatoms. The average Bonchev–Trinajstić information content (AvgIpc) is 2.87. The van der Waals surface area contributed by atoms with E-state index in [0.29, 0.717) is 6.61 Å². The highest BCUT2D eigenvalue weighted by Crippen LogP contribution is 2.29. The largest absolute Gasteiger partial charge is 0.385 e. The van der Waals surface area contributed by atoms with E-state index in [0.717, 1.165) is 37.2 Å². The van der Waals surface area contributed by atoms with Crippen molar-refractivity contribution >= 4 is 17.3 Å². The van der Waals surface area contributed by atoms with Crippen molar-refractivity contribution in [3.8, 4) is 0 Å². The van der Waals surface area contributed by atoms with Crippen LogP contribution in [0.15, 0.2) is 18.2 Å². The standard InChI is InChI=1S/C15H20N2O2/c1-15(7-3-9-19-15)14(18)17-12-6-5-11-4-2-8-16-13(11)10-12/h5-6,10,16H,2-4,7-9H2,1H3,(H,17,18). The number of benzene rings is 1. The van der Waals surface area contributed by atoms with E-state index in [9.17, 15) is 4.79 Å². The van der Waals surface area contributed by atoms with Crippen molar-refractivity contribution in [3.05, 3.63) is 23.8 Å². The second kappa shape index (κ2) is 4.85. The van der Waals surface area contributed by atoms with E-state index in [1.807, 2.05) is 19.1 Å². The van der Waals surface area contributed by atoms with Gasteiger partial charge in [-0.25, -0.2) is 0 Å². The predicted octanol–water partition coefficient (Wildman–Crippen LogP) is 2.55. The lowest BCUT2D eigenvalue weighted by atomic mass is 10.0. The first-order chi connectivity index (χ1) is 9.17. The molecule has 19 heavy (non-hydrogen) atoms. The number of anilines is 2. The Kier molecular flexibility index (Phi) is 3.19. The minimum Gasteiger partial charge on any atom is -0.385 e. The second-order valence-corrected chi connectivity index (χ2v) is 5.54. The number of hydrogen-bond donors (Lipinski definition) is 2. The first-order valence-corrected chi connectivity index (χ1v) is 7.00. The molecule has 2 aliphatic heterocycles. The molecule has 102 valence electrons. The van der Waals surface area contributed by atoms with Gasteiger partial charge < -0.3 is 15.4 Å². The van der Waals surface area contributed by atoms with E-state index in [2.05, 4.69) is 16.7 Å². The highest BCUT2D eigenvalue weighted by Gasteiger charge is 2.37. The van der Waals surface area contributed by atoms with Crippen molar-refractivity contribution in [3.63, 3.8) is 0 Å². The van der Waals surface area contributed by atoms with Crippen LogP contribution in [0.5, 0.6) is 0 Å². The number of fused-ring (bicyclic) bond motifs is 1. The van der Waals surface area contributed by atoms with Gasteiger partial charge in [-0.2, -0.15) is 0 Å². The van der Waals surface area contributed by atoms with Gasteiger partial charge in [0.1, 0.15) is 5.60 Å². The Bertz CT molecular complexity index is 493. The van der Waals surface area contributed by atoms with Crippen molar-refractivity contribution in [1.82, 2.24) is 0 Å². The van der Waals surface area contributed by atoms with Gasteiger partial charge >= 0.3 is 0 Å². The monoisotopic (exact) mass is 260 g/mol. The molecule has 0 bridgehead atoms. The third-order valence-electron chi connectivity index (χ3n) is 4.01. The maximum Gasteiger partial charge on any atom is 0.256 e. The molecule has 1 amide bonds. The van der Waals surface area contributed by atoms with Crippen LogP contribution >= 0.6 is 0 Å². The van der Waals surface area contributed by atoms with Gasteiger partial charge in [-0.1, -0.05) is 6.07 Å². The predicted molar refractivity (Wildman–Crippen MR) is 75.5 cm³/mol. The zero-order chi connectivity index (χ0) is 13.3. The molecule has 2 aliphatic rings. The number of carbonyl (C=O) groups is 1. The highest BCUT2D eigenvalue weighted by atomic mass is 16.5. The Hall–Kier alpha value is -1.55. The summed E-state index contributed by atoms with van der Waals surface area (Å²) in [4.78, 5) is 12.2. The smallest absolute Gasteiger partial charge is 0.256 e. The summed E-state index contributed by atoms with van der Waals surface area (Å²) in [5.74, 6) is -0.0410. The number of aryl methyl sites for hydroxylation is 1. The van der Waals surface area contributed by atoms with Gasteiger partial charge in [0.25, 0.3) is 5.91 Å². The van der Waals surface area contributed by atoms with Crippen LogP contribution in [0.25, 0.3) is 0 Å². The van der Waals surface area contributed by atoms with Crippen LogP contribution < -0.4 is 10.6 Å². The number of nitrogens with one attached hydrogen (secondary N) is 2. The maximum absolute atomic E-state index is 12.2. The minimum absolute atomic E-state index is 0.0410. The van der Waals surface area contributed by atoms with Gasteiger partial charge in [0.05, 0.1) is 0 Å². The van der Waals surface area contributed by atoms with Crippen molar-refractivity contribution in [1.29, 1.82) is 0 Å². The molecule has 1 unspecified atom stereocenters. The van der Waals surface area contributed by atoms with Crippen molar-refractivity contribution < 1.29 is 9.53 Å². The molecule has 2 heterocycles. The van der Waals surface area contributed by atoms with Gasteiger partial charge in [-0.15, -0.1) is 0 Å². The minimum atomic E-state index is -0.663. The van der Waals surface area contributed by atoms with Gasteiger partial charge in [0.15, 0.2) is 0 Å². The van der Waals surface area contributed by atoms with Gasteiger partial charge in [-0.05, 0) is 50.3 Å². The molecule has 4 nitrogen and oxygen atoms in total. The fraction of sp³-hybridized carbons (Fsp3) is 0.533. The number of rotatable bonds is 2. The Morgan fingerprint density at radius 3 is 3.11 bits per heavy atom. The molecule has 1 fully saturated rings. The van der Waals surface area contributed by atoms with Crippen LogP contribution in [0.4, 0.5) is 11.4 Å². The van der Waals surface area contributed by atoms with E-state index in [1.54, 1.807) is 0 Å². The zero-order valence-electron chi connectivity index (χ0n) is 11.3. The third-order valence-corrected chi connectivity index (χ3v) is 4.01. The lowest BCUT2D eigenvalue weighted by molar-refractivity contribution is -0.133. The Morgan fingerprint density at radius 1 is 1.42 bits per heavy atom. The van der Waals surface area contributed by atoms with Crippen LogP contribution in [0.3, 0.4) is 0 Å². The van der Waals surface area contributed by atoms with Gasteiger partial charge in [0, 0.05) is 24.5 Å². The summed E-state index contributed by atoms with van der Waals surface area (Å²) in [6, 6.07) is 6.09. The molecule has 0 spiro atoms. The molecular weight excluding hydrogens is 240 g/mol. The summed E-state index contributed by atoms with van der Waals surface area (Å²) in [5, 5.41) is 6.34. The summed E-state index contributed by atoms with van der Waals surface area (Å²) in [7, 11) is 0. The number of carbonyl (C=O) groups excluding carboxylic acids is 1. The molecule has 1 saturated heterocycles. The normalized spacial score (nSPS) is 25.5. The van der Waals surface area contributed by atoms with Crippen LogP contribution in [-0.2, 0) is 16.0 Å². The van der Waals surface area contributed by atoms with Crippen LogP contribution in [-0.4, -0.2) is 24.7 Å². The van der Waals surface area contributed by atoms with E-state index < -0.39 is 5.60 Å². The Morgan fingerprint density at radius 2 is 2.32 bits per heavy atom.